The van der Waals surface area contributed by atoms with Gasteiger partial charge in [0.1, 0.15) is 52.7 Å². The van der Waals surface area contributed by atoms with Crippen LogP contribution in [0.3, 0.4) is 0 Å². The summed E-state index contributed by atoms with van der Waals surface area (Å²) in [5.41, 5.74) is 0. The van der Waals surface area contributed by atoms with Gasteiger partial charge in [-0.2, -0.15) is 0 Å². The first kappa shape index (κ1) is 25.1. The van der Waals surface area contributed by atoms with Gasteiger partial charge in [0.2, 0.25) is 0 Å². The van der Waals surface area contributed by atoms with E-state index in [-0.39, 0.29) is 18.5 Å². The van der Waals surface area contributed by atoms with Gasteiger partial charge in [-0.1, -0.05) is 12.2 Å². The second kappa shape index (κ2) is 11.6. The third-order valence-corrected chi connectivity index (χ3v) is 10.4. The molecule has 0 N–H and O–H groups in total. The zero-order valence-corrected chi connectivity index (χ0v) is 20.9. The number of ether oxygens (including phenoxy) is 4. The lowest BCUT2D eigenvalue weighted by Gasteiger charge is -2.31. The Morgan fingerprint density at radius 1 is 0.697 bits per heavy atom. The minimum atomic E-state index is -2.06. The molecular weight excluding hydrogens is 455 g/mol. The molecule has 4 nitrogen and oxygen atoms in total. The predicted molar refractivity (Wildman–Crippen MR) is 133 cm³/mol. The smallest absolute Gasteiger partial charge is 0.119 e. The molecule has 1 unspecified atom stereocenters. The van der Waals surface area contributed by atoms with Crippen molar-refractivity contribution in [1.29, 1.82) is 0 Å². The van der Waals surface area contributed by atoms with Crippen molar-refractivity contribution < 1.29 is 31.4 Å². The minimum absolute atomic E-state index is 0. The number of hydrogen-bond acceptors (Lipinski definition) is 4. The zero-order valence-electron chi connectivity index (χ0n) is 19.2. The molecule has 0 saturated heterocycles. The van der Waals surface area contributed by atoms with E-state index in [0.717, 1.165) is 36.4 Å². The molecule has 3 aromatic rings. The van der Waals surface area contributed by atoms with Gasteiger partial charge in [0.05, 0.1) is 27.9 Å². The molecule has 0 amide bonds. The van der Waals surface area contributed by atoms with Crippen LogP contribution < -0.4 is 42.5 Å². The summed E-state index contributed by atoms with van der Waals surface area (Å²) in [6.45, 7) is 0.759. The van der Waals surface area contributed by atoms with Gasteiger partial charge in [-0.3, -0.25) is 0 Å². The van der Waals surface area contributed by atoms with Crippen molar-refractivity contribution in [1.82, 2.24) is 0 Å². The van der Waals surface area contributed by atoms with Crippen LogP contribution >= 0.6 is 7.26 Å². The fraction of sp³-hybridized carbons (Fsp3) is 0.259. The SMILES string of the molecule is COc1ccc([P+](CC2C=CCCO2)(c2ccc(OC)cc2)c2ccc(OC)cc2)cc1.[Cl-]. The van der Waals surface area contributed by atoms with Gasteiger partial charge in [0.15, 0.2) is 0 Å². The first-order valence-electron chi connectivity index (χ1n) is 10.8. The maximum atomic E-state index is 6.20. The normalized spacial score (nSPS) is 15.4. The van der Waals surface area contributed by atoms with Crippen molar-refractivity contribution in [2.45, 2.75) is 12.5 Å². The summed E-state index contributed by atoms with van der Waals surface area (Å²) < 4.78 is 22.5. The van der Waals surface area contributed by atoms with E-state index in [1.807, 2.05) is 0 Å². The van der Waals surface area contributed by atoms with Crippen molar-refractivity contribution in [3.63, 3.8) is 0 Å². The van der Waals surface area contributed by atoms with Crippen LogP contribution in [0.4, 0.5) is 0 Å². The summed E-state index contributed by atoms with van der Waals surface area (Å²) in [7, 11) is 3.04. The summed E-state index contributed by atoms with van der Waals surface area (Å²) >= 11 is 0. The maximum absolute atomic E-state index is 6.20. The van der Waals surface area contributed by atoms with Gasteiger partial charge < -0.3 is 31.4 Å². The lowest BCUT2D eigenvalue weighted by atomic mass is 10.2. The highest BCUT2D eigenvalue weighted by Crippen LogP contribution is 2.56. The van der Waals surface area contributed by atoms with Crippen LogP contribution in [0.25, 0.3) is 0 Å². The van der Waals surface area contributed by atoms with Gasteiger partial charge in [-0.15, -0.1) is 0 Å². The third-order valence-electron chi connectivity index (χ3n) is 5.96. The van der Waals surface area contributed by atoms with Crippen LogP contribution in [0.2, 0.25) is 0 Å². The molecular formula is C27H30ClO4P. The van der Waals surface area contributed by atoms with E-state index >= 15 is 0 Å². The monoisotopic (exact) mass is 484 g/mol. The Morgan fingerprint density at radius 3 is 1.39 bits per heavy atom. The van der Waals surface area contributed by atoms with Crippen LogP contribution in [0.15, 0.2) is 84.9 Å². The lowest BCUT2D eigenvalue weighted by molar-refractivity contribution is -0.00000890. The Hall–Kier alpha value is -2.52. The van der Waals surface area contributed by atoms with E-state index in [9.17, 15) is 0 Å². The quantitative estimate of drug-likeness (QED) is 0.357. The lowest BCUT2D eigenvalue weighted by Crippen LogP contribution is -3.00. The van der Waals surface area contributed by atoms with E-state index in [2.05, 4.69) is 84.9 Å². The summed E-state index contributed by atoms with van der Waals surface area (Å²) in [5.74, 6) is 2.56. The van der Waals surface area contributed by atoms with Gasteiger partial charge in [-0.05, 0) is 79.2 Å². The molecule has 0 fully saturated rings. The first-order chi connectivity index (χ1) is 15.7. The van der Waals surface area contributed by atoms with Crippen LogP contribution in [-0.4, -0.2) is 40.2 Å². The summed E-state index contributed by atoms with van der Waals surface area (Å²) in [6.07, 6.45) is 6.36. The minimum Gasteiger partial charge on any atom is -1.00 e. The number of rotatable bonds is 8. The molecule has 6 heteroatoms. The molecule has 174 valence electrons. The molecule has 0 spiro atoms. The maximum Gasteiger partial charge on any atom is 0.119 e. The first-order valence-corrected chi connectivity index (χ1v) is 12.8. The fourth-order valence-corrected chi connectivity index (χ4v) is 8.52. The van der Waals surface area contributed by atoms with Crippen LogP contribution in [0.1, 0.15) is 6.42 Å². The van der Waals surface area contributed by atoms with Crippen molar-refractivity contribution >= 4 is 23.2 Å². The van der Waals surface area contributed by atoms with Crippen molar-refractivity contribution in [3.05, 3.63) is 84.9 Å². The second-order valence-corrected chi connectivity index (χ2v) is 11.2. The van der Waals surface area contributed by atoms with Gasteiger partial charge in [-0.25, -0.2) is 0 Å². The van der Waals surface area contributed by atoms with E-state index in [1.165, 1.54) is 15.9 Å². The molecule has 0 bridgehead atoms. The largest absolute Gasteiger partial charge is 1.00 e. The van der Waals surface area contributed by atoms with Crippen molar-refractivity contribution in [2.24, 2.45) is 0 Å². The molecule has 3 aromatic carbocycles. The molecule has 0 radical (unpaired) electrons. The van der Waals surface area contributed by atoms with E-state index < -0.39 is 7.26 Å². The topological polar surface area (TPSA) is 36.9 Å². The molecule has 1 atom stereocenters. The predicted octanol–water partition coefficient (Wildman–Crippen LogP) is 1.36. The van der Waals surface area contributed by atoms with Crippen LogP contribution in [-0.2, 0) is 4.74 Å². The van der Waals surface area contributed by atoms with Gasteiger partial charge in [0.25, 0.3) is 0 Å². The van der Waals surface area contributed by atoms with Gasteiger partial charge >= 0.3 is 0 Å². The standard InChI is InChI=1S/C27H30O4P.ClH/c1-28-21-7-13-25(14-8-21)32(20-24-6-4-5-19-31-24,26-15-9-22(29-2)10-16-26)27-17-11-23(30-3)12-18-27;/h4,6-18,24H,5,19-20H2,1-3H3;1H/q+1;/p-1. The van der Waals surface area contributed by atoms with Crippen LogP contribution in [0, 0.1) is 0 Å². The van der Waals surface area contributed by atoms with Gasteiger partial charge in [0, 0.05) is 0 Å². The highest BCUT2D eigenvalue weighted by Gasteiger charge is 2.47. The Labute approximate surface area is 203 Å². The highest BCUT2D eigenvalue weighted by atomic mass is 35.5. The number of benzene rings is 3. The highest BCUT2D eigenvalue weighted by molar-refractivity contribution is 7.95. The molecule has 1 aliphatic heterocycles. The third kappa shape index (κ3) is 5.35. The Balaban J connectivity index is 0.00000306. The summed E-state index contributed by atoms with van der Waals surface area (Å²) in [6, 6.07) is 25.5. The number of methoxy groups -OCH3 is 3. The fourth-order valence-electron chi connectivity index (χ4n) is 4.25. The molecule has 33 heavy (non-hydrogen) atoms. The van der Waals surface area contributed by atoms with E-state index in [1.54, 1.807) is 21.3 Å². The second-order valence-electron chi connectivity index (χ2n) is 7.71. The van der Waals surface area contributed by atoms with E-state index in [4.69, 9.17) is 18.9 Å². The molecule has 0 aliphatic carbocycles. The summed E-state index contributed by atoms with van der Waals surface area (Å²) in [4.78, 5) is 0. The van der Waals surface area contributed by atoms with E-state index in [0.29, 0.717) is 0 Å². The number of hydrogen-bond donors (Lipinski definition) is 0. The Morgan fingerprint density at radius 2 is 1.09 bits per heavy atom. The number of halogens is 1. The van der Waals surface area contributed by atoms with Crippen molar-refractivity contribution in [2.75, 3.05) is 34.1 Å². The molecule has 0 saturated carbocycles. The Bertz CT molecular complexity index is 918. The van der Waals surface area contributed by atoms with Crippen LogP contribution in [0.5, 0.6) is 17.2 Å². The zero-order chi connectivity index (χ0) is 22.4. The average molecular weight is 485 g/mol. The molecule has 0 aromatic heterocycles. The average Bonchev–Trinajstić information content (AvgIpc) is 2.88. The summed E-state index contributed by atoms with van der Waals surface area (Å²) in [5, 5.41) is 3.86. The van der Waals surface area contributed by atoms with Crippen molar-refractivity contribution in [3.8, 4) is 17.2 Å². The Kier molecular flexibility index (Phi) is 8.80. The molecule has 4 rings (SSSR count). The molecule has 1 heterocycles. The molecule has 1 aliphatic rings.